The largest absolute Gasteiger partial charge is 0.351 e. The van der Waals surface area contributed by atoms with Crippen molar-refractivity contribution in [2.24, 2.45) is 5.41 Å². The number of benzene rings is 2. The standard InChI is InChI=1S/C29H31N5O3/c1-17-8-7-11-21-19(17)12-23(31-21)25(35)32-24(14-28(2,3)4)26(36)34-16-29(13-18(34)15-30)20-9-5-6-10-22(20)33-27(29)37/h5-12,18,24,31H,13-14,16H2,1-4H3,(H,32,35)(H,33,37)/t18-,24-,29-/m0/s1. The predicted molar refractivity (Wildman–Crippen MR) is 141 cm³/mol. The molecule has 3 atom stereocenters. The van der Waals surface area contributed by atoms with E-state index in [1.165, 1.54) is 4.90 Å². The number of hydrogen-bond donors (Lipinski definition) is 3. The van der Waals surface area contributed by atoms with Gasteiger partial charge in [0, 0.05) is 29.6 Å². The van der Waals surface area contributed by atoms with E-state index in [0.717, 1.165) is 22.0 Å². The lowest BCUT2D eigenvalue weighted by atomic mass is 9.80. The van der Waals surface area contributed by atoms with Crippen molar-refractivity contribution in [3.05, 3.63) is 65.4 Å². The van der Waals surface area contributed by atoms with Crippen molar-refractivity contribution in [2.75, 3.05) is 11.9 Å². The molecule has 2 aromatic carbocycles. The summed E-state index contributed by atoms with van der Waals surface area (Å²) in [6.45, 7) is 8.07. The minimum absolute atomic E-state index is 0.0923. The Bertz CT molecular complexity index is 1460. The predicted octanol–water partition coefficient (Wildman–Crippen LogP) is 4.03. The zero-order chi connectivity index (χ0) is 26.5. The Labute approximate surface area is 216 Å². The van der Waals surface area contributed by atoms with E-state index in [0.29, 0.717) is 17.8 Å². The van der Waals surface area contributed by atoms with Gasteiger partial charge in [-0.2, -0.15) is 5.26 Å². The van der Waals surface area contributed by atoms with Gasteiger partial charge in [-0.3, -0.25) is 14.4 Å². The van der Waals surface area contributed by atoms with Crippen molar-refractivity contribution in [1.82, 2.24) is 15.2 Å². The van der Waals surface area contributed by atoms with E-state index in [9.17, 15) is 19.6 Å². The molecule has 0 aliphatic carbocycles. The number of H-pyrrole nitrogens is 1. The van der Waals surface area contributed by atoms with Gasteiger partial charge in [0.25, 0.3) is 5.91 Å². The number of nitriles is 1. The molecule has 3 N–H and O–H groups in total. The number of aryl methyl sites for hydroxylation is 1. The SMILES string of the molecule is Cc1cccc2[nH]c(C(=O)N[C@@H](CC(C)(C)C)C(=O)N3C[C@]4(C[C@H]3C#N)C(=O)Nc3ccccc34)cc12. The average molecular weight is 498 g/mol. The van der Waals surface area contributed by atoms with Crippen molar-refractivity contribution >= 4 is 34.3 Å². The number of aromatic nitrogens is 1. The van der Waals surface area contributed by atoms with Gasteiger partial charge in [0.2, 0.25) is 11.8 Å². The number of rotatable bonds is 4. The summed E-state index contributed by atoms with van der Waals surface area (Å²) in [5.74, 6) is -0.935. The number of nitrogens with zero attached hydrogens (tertiary/aromatic N) is 2. The molecular weight excluding hydrogens is 466 g/mol. The number of hydrogen-bond acceptors (Lipinski definition) is 4. The summed E-state index contributed by atoms with van der Waals surface area (Å²) in [6, 6.07) is 15.6. The fourth-order valence-corrected chi connectivity index (χ4v) is 5.66. The highest BCUT2D eigenvalue weighted by Crippen LogP contribution is 2.46. The lowest BCUT2D eigenvalue weighted by Crippen LogP contribution is -2.52. The van der Waals surface area contributed by atoms with Gasteiger partial charge in [0.15, 0.2) is 0 Å². The van der Waals surface area contributed by atoms with Crippen molar-refractivity contribution in [2.45, 2.75) is 58.0 Å². The molecular formula is C29H31N5O3. The van der Waals surface area contributed by atoms with Crippen LogP contribution in [-0.2, 0) is 15.0 Å². The second-order valence-corrected chi connectivity index (χ2v) is 11.4. The molecule has 37 heavy (non-hydrogen) atoms. The van der Waals surface area contributed by atoms with E-state index in [1.54, 1.807) is 6.07 Å². The highest BCUT2D eigenvalue weighted by Gasteiger charge is 2.56. The first-order chi connectivity index (χ1) is 17.5. The summed E-state index contributed by atoms with van der Waals surface area (Å²) < 4.78 is 0. The smallest absolute Gasteiger partial charge is 0.268 e. The van der Waals surface area contributed by atoms with Crippen LogP contribution < -0.4 is 10.6 Å². The van der Waals surface area contributed by atoms with E-state index >= 15 is 0 Å². The third-order valence-corrected chi connectivity index (χ3v) is 7.46. The molecule has 2 aliphatic rings. The van der Waals surface area contributed by atoms with Gasteiger partial charge in [-0.15, -0.1) is 0 Å². The lowest BCUT2D eigenvalue weighted by molar-refractivity contribution is -0.134. The summed E-state index contributed by atoms with van der Waals surface area (Å²) in [5, 5.41) is 16.8. The summed E-state index contributed by atoms with van der Waals surface area (Å²) in [6.07, 6.45) is 0.594. The van der Waals surface area contributed by atoms with Crippen molar-refractivity contribution in [1.29, 1.82) is 5.26 Å². The quantitative estimate of drug-likeness (QED) is 0.504. The minimum Gasteiger partial charge on any atom is -0.351 e. The maximum absolute atomic E-state index is 14.0. The van der Waals surface area contributed by atoms with Crippen LogP contribution in [-0.4, -0.2) is 46.2 Å². The molecule has 3 aromatic rings. The molecule has 8 heteroatoms. The Morgan fingerprint density at radius 1 is 1.22 bits per heavy atom. The summed E-state index contributed by atoms with van der Waals surface area (Å²) in [5.41, 5.74) is 2.53. The Morgan fingerprint density at radius 2 is 1.97 bits per heavy atom. The number of carbonyl (C=O) groups is 3. The zero-order valence-electron chi connectivity index (χ0n) is 21.5. The fourth-order valence-electron chi connectivity index (χ4n) is 5.66. The molecule has 0 saturated carbocycles. The molecule has 1 fully saturated rings. The zero-order valence-corrected chi connectivity index (χ0v) is 21.5. The van der Waals surface area contributed by atoms with Crippen LogP contribution in [0, 0.1) is 23.7 Å². The third kappa shape index (κ3) is 4.25. The minimum atomic E-state index is -0.975. The van der Waals surface area contributed by atoms with Crippen LogP contribution in [0.4, 0.5) is 5.69 Å². The number of para-hydroxylation sites is 1. The van der Waals surface area contributed by atoms with Crippen molar-refractivity contribution in [3.8, 4) is 6.07 Å². The fraction of sp³-hybridized carbons (Fsp3) is 0.379. The van der Waals surface area contributed by atoms with Crippen LogP contribution in [0.15, 0.2) is 48.5 Å². The first-order valence-corrected chi connectivity index (χ1v) is 12.5. The average Bonchev–Trinajstić information content (AvgIpc) is 3.53. The Hall–Kier alpha value is -4.12. The molecule has 0 unspecified atom stereocenters. The molecule has 1 spiro atoms. The second kappa shape index (κ2) is 8.77. The molecule has 5 rings (SSSR count). The van der Waals surface area contributed by atoms with Crippen LogP contribution in [0.2, 0.25) is 0 Å². The Kier molecular flexibility index (Phi) is 5.82. The van der Waals surface area contributed by atoms with Gasteiger partial charge >= 0.3 is 0 Å². The summed E-state index contributed by atoms with van der Waals surface area (Å²) in [4.78, 5) is 45.0. The molecule has 0 radical (unpaired) electrons. The first kappa shape index (κ1) is 24.6. The molecule has 8 nitrogen and oxygen atoms in total. The van der Waals surface area contributed by atoms with Crippen LogP contribution in [0.3, 0.4) is 0 Å². The topological polar surface area (TPSA) is 118 Å². The molecule has 1 aromatic heterocycles. The van der Waals surface area contributed by atoms with Crippen LogP contribution in [0.1, 0.15) is 55.2 Å². The van der Waals surface area contributed by atoms with Gasteiger partial charge < -0.3 is 20.5 Å². The van der Waals surface area contributed by atoms with E-state index < -0.39 is 17.5 Å². The maximum Gasteiger partial charge on any atom is 0.268 e. The van der Waals surface area contributed by atoms with Crippen LogP contribution in [0.5, 0.6) is 0 Å². The first-order valence-electron chi connectivity index (χ1n) is 12.5. The summed E-state index contributed by atoms with van der Waals surface area (Å²) >= 11 is 0. The molecule has 0 bridgehead atoms. The van der Waals surface area contributed by atoms with Gasteiger partial charge in [-0.25, -0.2) is 0 Å². The number of likely N-dealkylation sites (tertiary alicyclic amines) is 1. The van der Waals surface area contributed by atoms with Crippen molar-refractivity contribution < 1.29 is 14.4 Å². The molecule has 190 valence electrons. The molecule has 3 heterocycles. The highest BCUT2D eigenvalue weighted by atomic mass is 16.2. The Morgan fingerprint density at radius 3 is 2.68 bits per heavy atom. The number of aromatic amines is 1. The lowest BCUT2D eigenvalue weighted by Gasteiger charge is -2.31. The second-order valence-electron chi connectivity index (χ2n) is 11.4. The molecule has 1 saturated heterocycles. The third-order valence-electron chi connectivity index (χ3n) is 7.46. The number of amides is 3. The van der Waals surface area contributed by atoms with Crippen molar-refractivity contribution in [3.63, 3.8) is 0 Å². The number of fused-ring (bicyclic) bond motifs is 3. The van der Waals surface area contributed by atoms with Crippen LogP contribution in [0.25, 0.3) is 10.9 Å². The van der Waals surface area contributed by atoms with E-state index in [4.69, 9.17) is 0 Å². The number of carbonyl (C=O) groups excluding carboxylic acids is 3. The van der Waals surface area contributed by atoms with Gasteiger partial charge in [-0.1, -0.05) is 51.1 Å². The monoisotopic (exact) mass is 497 g/mol. The maximum atomic E-state index is 14.0. The van der Waals surface area contributed by atoms with Gasteiger partial charge in [-0.05, 0) is 48.1 Å². The number of anilines is 1. The molecule has 2 aliphatic heterocycles. The van der Waals surface area contributed by atoms with Crippen LogP contribution >= 0.6 is 0 Å². The van der Waals surface area contributed by atoms with Gasteiger partial charge in [0.1, 0.15) is 17.8 Å². The number of nitrogens with one attached hydrogen (secondary N) is 3. The van der Waals surface area contributed by atoms with Gasteiger partial charge in [0.05, 0.1) is 11.5 Å². The van der Waals surface area contributed by atoms with E-state index in [-0.39, 0.29) is 36.1 Å². The van der Waals surface area contributed by atoms with E-state index in [2.05, 4.69) is 21.7 Å². The Balaban J connectivity index is 1.44. The summed E-state index contributed by atoms with van der Waals surface area (Å²) in [7, 11) is 0. The molecule has 3 amide bonds. The van der Waals surface area contributed by atoms with E-state index in [1.807, 2.05) is 70.2 Å². The highest BCUT2D eigenvalue weighted by molar-refractivity contribution is 6.07. The normalized spacial score (nSPS) is 21.5.